The molecular formula is C8H14O2. The molecule has 0 spiro atoms. The summed E-state index contributed by atoms with van der Waals surface area (Å²) in [5, 5.41) is 8.60. The highest BCUT2D eigenvalue weighted by atomic mass is 16.4. The Bertz CT molecular complexity index is 136. The largest absolute Gasteiger partial charge is 0.481 e. The van der Waals surface area contributed by atoms with Crippen LogP contribution in [-0.4, -0.2) is 11.1 Å². The molecule has 1 saturated carbocycles. The van der Waals surface area contributed by atoms with Gasteiger partial charge in [-0.3, -0.25) is 4.79 Å². The molecule has 0 aromatic heterocycles. The zero-order valence-corrected chi connectivity index (χ0v) is 6.50. The molecule has 1 atom stereocenters. The fourth-order valence-corrected chi connectivity index (χ4v) is 1.57. The maximum Gasteiger partial charge on any atom is 0.306 e. The van der Waals surface area contributed by atoms with Gasteiger partial charge in [-0.15, -0.1) is 0 Å². The van der Waals surface area contributed by atoms with Gasteiger partial charge in [-0.25, -0.2) is 0 Å². The minimum absolute atomic E-state index is 0.129. The number of hydrogen-bond donors (Lipinski definition) is 1. The van der Waals surface area contributed by atoms with Gasteiger partial charge in [0.2, 0.25) is 0 Å². The third-order valence-corrected chi connectivity index (χ3v) is 2.51. The smallest absolute Gasteiger partial charge is 0.306 e. The first-order chi connectivity index (χ1) is 4.61. The van der Waals surface area contributed by atoms with E-state index in [9.17, 15) is 4.79 Å². The van der Waals surface area contributed by atoms with Crippen LogP contribution in [0, 0.1) is 17.8 Å². The lowest BCUT2D eigenvalue weighted by Gasteiger charge is -2.35. The van der Waals surface area contributed by atoms with Crippen molar-refractivity contribution in [1.82, 2.24) is 0 Å². The Morgan fingerprint density at radius 3 is 2.40 bits per heavy atom. The summed E-state index contributed by atoms with van der Waals surface area (Å²) >= 11 is 0. The molecule has 1 unspecified atom stereocenters. The minimum Gasteiger partial charge on any atom is -0.481 e. The van der Waals surface area contributed by atoms with Crippen molar-refractivity contribution in [2.24, 2.45) is 17.8 Å². The second-order valence-electron chi connectivity index (χ2n) is 3.46. The third-order valence-electron chi connectivity index (χ3n) is 2.51. The van der Waals surface area contributed by atoms with Crippen LogP contribution in [0.3, 0.4) is 0 Å². The standard InChI is InChI=1S/C8H14O2/c1-5-3-7(4-5)6(2)8(9)10/h5-7H,3-4H2,1-2H3,(H,9,10). The fraction of sp³-hybridized carbons (Fsp3) is 0.875. The summed E-state index contributed by atoms with van der Waals surface area (Å²) < 4.78 is 0. The molecule has 0 aromatic carbocycles. The van der Waals surface area contributed by atoms with E-state index in [0.29, 0.717) is 5.92 Å². The summed E-state index contributed by atoms with van der Waals surface area (Å²) in [4.78, 5) is 10.4. The van der Waals surface area contributed by atoms with Crippen LogP contribution in [0.15, 0.2) is 0 Å². The maximum atomic E-state index is 10.4. The molecule has 1 N–H and O–H groups in total. The molecular weight excluding hydrogens is 128 g/mol. The topological polar surface area (TPSA) is 37.3 Å². The summed E-state index contributed by atoms with van der Waals surface area (Å²) in [5.74, 6) is 0.437. The lowest BCUT2D eigenvalue weighted by Crippen LogP contribution is -2.31. The van der Waals surface area contributed by atoms with E-state index in [2.05, 4.69) is 6.92 Å². The van der Waals surface area contributed by atoms with Gasteiger partial charge in [0.05, 0.1) is 5.92 Å². The molecule has 2 nitrogen and oxygen atoms in total. The van der Waals surface area contributed by atoms with Crippen molar-refractivity contribution >= 4 is 5.97 Å². The van der Waals surface area contributed by atoms with E-state index in [1.54, 1.807) is 6.92 Å². The Balaban J connectivity index is 2.31. The number of hydrogen-bond acceptors (Lipinski definition) is 1. The number of rotatable bonds is 2. The maximum absolute atomic E-state index is 10.4. The van der Waals surface area contributed by atoms with Crippen LogP contribution < -0.4 is 0 Å². The molecule has 1 fully saturated rings. The summed E-state index contributed by atoms with van der Waals surface area (Å²) in [6, 6.07) is 0. The van der Waals surface area contributed by atoms with Gasteiger partial charge < -0.3 is 5.11 Å². The van der Waals surface area contributed by atoms with E-state index in [1.165, 1.54) is 0 Å². The van der Waals surface area contributed by atoms with Gasteiger partial charge >= 0.3 is 5.97 Å². The lowest BCUT2D eigenvalue weighted by atomic mass is 9.70. The van der Waals surface area contributed by atoms with Crippen molar-refractivity contribution in [3.05, 3.63) is 0 Å². The van der Waals surface area contributed by atoms with Gasteiger partial charge in [0.15, 0.2) is 0 Å². The Labute approximate surface area is 61.2 Å². The summed E-state index contributed by atoms with van der Waals surface area (Å²) in [5.41, 5.74) is 0. The second-order valence-corrected chi connectivity index (χ2v) is 3.46. The van der Waals surface area contributed by atoms with E-state index < -0.39 is 5.97 Å². The van der Waals surface area contributed by atoms with Crippen molar-refractivity contribution in [2.45, 2.75) is 26.7 Å². The van der Waals surface area contributed by atoms with Crippen molar-refractivity contribution < 1.29 is 9.90 Å². The molecule has 1 aliphatic rings. The van der Waals surface area contributed by atoms with Gasteiger partial charge in [-0.05, 0) is 24.7 Å². The molecule has 1 aliphatic carbocycles. The van der Waals surface area contributed by atoms with Crippen LogP contribution >= 0.6 is 0 Å². The number of carbonyl (C=O) groups is 1. The van der Waals surface area contributed by atoms with E-state index in [4.69, 9.17) is 5.11 Å². The minimum atomic E-state index is -0.642. The molecule has 1 rings (SSSR count). The van der Waals surface area contributed by atoms with Crippen molar-refractivity contribution in [3.63, 3.8) is 0 Å². The van der Waals surface area contributed by atoms with Crippen molar-refractivity contribution in [3.8, 4) is 0 Å². The predicted molar refractivity (Wildman–Crippen MR) is 38.7 cm³/mol. The van der Waals surface area contributed by atoms with E-state index >= 15 is 0 Å². The Morgan fingerprint density at radius 2 is 2.10 bits per heavy atom. The molecule has 2 heteroatoms. The first kappa shape index (κ1) is 7.58. The second kappa shape index (κ2) is 2.60. The zero-order valence-electron chi connectivity index (χ0n) is 6.50. The van der Waals surface area contributed by atoms with Crippen LogP contribution in [0.4, 0.5) is 0 Å². The average molecular weight is 142 g/mol. The molecule has 0 amide bonds. The predicted octanol–water partition coefficient (Wildman–Crippen LogP) is 1.75. The fourth-order valence-electron chi connectivity index (χ4n) is 1.57. The monoisotopic (exact) mass is 142 g/mol. The number of carboxylic acids is 1. The summed E-state index contributed by atoms with van der Waals surface area (Å²) in [6.45, 7) is 3.98. The lowest BCUT2D eigenvalue weighted by molar-refractivity contribution is -0.144. The molecule has 0 aliphatic heterocycles. The third kappa shape index (κ3) is 1.31. The van der Waals surface area contributed by atoms with Gasteiger partial charge in [0, 0.05) is 0 Å². The van der Waals surface area contributed by atoms with Gasteiger partial charge in [-0.2, -0.15) is 0 Å². The number of aliphatic carboxylic acids is 1. The first-order valence-corrected chi connectivity index (χ1v) is 3.84. The van der Waals surface area contributed by atoms with Crippen molar-refractivity contribution in [1.29, 1.82) is 0 Å². The summed E-state index contributed by atoms with van der Waals surface area (Å²) in [7, 11) is 0. The molecule has 10 heavy (non-hydrogen) atoms. The van der Waals surface area contributed by atoms with E-state index in [-0.39, 0.29) is 5.92 Å². The Hall–Kier alpha value is -0.530. The van der Waals surface area contributed by atoms with Crippen molar-refractivity contribution in [2.75, 3.05) is 0 Å². The number of carboxylic acid groups (broad SMARTS) is 1. The molecule has 0 bridgehead atoms. The highest BCUT2D eigenvalue weighted by Crippen LogP contribution is 2.38. The van der Waals surface area contributed by atoms with Crippen LogP contribution in [-0.2, 0) is 4.79 Å². The molecule has 0 saturated heterocycles. The van der Waals surface area contributed by atoms with Crippen LogP contribution in [0.2, 0.25) is 0 Å². The highest BCUT2D eigenvalue weighted by Gasteiger charge is 2.33. The Kier molecular flexibility index (Phi) is 1.97. The quantitative estimate of drug-likeness (QED) is 0.637. The molecule has 0 heterocycles. The first-order valence-electron chi connectivity index (χ1n) is 3.84. The van der Waals surface area contributed by atoms with Crippen LogP contribution in [0.1, 0.15) is 26.7 Å². The Morgan fingerprint density at radius 1 is 1.60 bits per heavy atom. The van der Waals surface area contributed by atoms with Gasteiger partial charge in [0.1, 0.15) is 0 Å². The normalized spacial score (nSPS) is 34.6. The SMILES string of the molecule is CC1CC(C(C)C(=O)O)C1. The molecule has 0 radical (unpaired) electrons. The zero-order chi connectivity index (χ0) is 7.72. The van der Waals surface area contributed by atoms with E-state index in [0.717, 1.165) is 18.8 Å². The van der Waals surface area contributed by atoms with Gasteiger partial charge in [0.25, 0.3) is 0 Å². The molecule has 58 valence electrons. The molecule has 0 aromatic rings. The summed E-state index contributed by atoms with van der Waals surface area (Å²) in [6.07, 6.45) is 2.21. The van der Waals surface area contributed by atoms with Gasteiger partial charge in [-0.1, -0.05) is 13.8 Å². The average Bonchev–Trinajstić information content (AvgIpc) is 1.79. The van der Waals surface area contributed by atoms with Crippen LogP contribution in [0.25, 0.3) is 0 Å². The highest BCUT2D eigenvalue weighted by molar-refractivity contribution is 5.70. The van der Waals surface area contributed by atoms with E-state index in [1.807, 2.05) is 0 Å². The van der Waals surface area contributed by atoms with Crippen LogP contribution in [0.5, 0.6) is 0 Å².